The van der Waals surface area contributed by atoms with E-state index in [1.165, 1.54) is 51.4 Å². The standard InChI is InChI=1S/C45H47N3O2/c1-2-3-4-5-6-7-8-9-10-17-32-50-40-30-31-41(42(49)33-40)45-47-43(38-26-22-36(23-27-38)34-18-13-11-14-19-34)46-44(48-45)39-28-24-37(25-29-39)35-20-15-12-16-21-35/h11-16,18-31,33,49H,2-10,17,32H2,1H3. The maximum atomic E-state index is 11.2. The third-order valence-corrected chi connectivity index (χ3v) is 9.11. The van der Waals surface area contributed by atoms with Crippen LogP contribution in [0.5, 0.6) is 11.5 Å². The number of ether oxygens (including phenoxy) is 1. The first kappa shape index (κ1) is 34.6. The molecule has 0 unspecified atom stereocenters. The maximum Gasteiger partial charge on any atom is 0.167 e. The molecule has 254 valence electrons. The zero-order chi connectivity index (χ0) is 34.4. The molecule has 0 saturated heterocycles. The van der Waals surface area contributed by atoms with Crippen molar-refractivity contribution in [2.24, 2.45) is 0 Å². The Hall–Kier alpha value is -5.29. The highest BCUT2D eigenvalue weighted by atomic mass is 16.5. The highest BCUT2D eigenvalue weighted by Gasteiger charge is 2.16. The van der Waals surface area contributed by atoms with Gasteiger partial charge in [0.15, 0.2) is 17.5 Å². The molecule has 5 heteroatoms. The number of nitrogens with zero attached hydrogens (tertiary/aromatic N) is 3. The molecule has 5 nitrogen and oxygen atoms in total. The summed E-state index contributed by atoms with van der Waals surface area (Å²) in [4.78, 5) is 14.6. The van der Waals surface area contributed by atoms with Gasteiger partial charge in [-0.2, -0.15) is 0 Å². The molecule has 0 aliphatic rings. The fourth-order valence-electron chi connectivity index (χ4n) is 6.21. The van der Waals surface area contributed by atoms with Gasteiger partial charge in [-0.15, -0.1) is 0 Å². The van der Waals surface area contributed by atoms with Gasteiger partial charge in [-0.3, -0.25) is 0 Å². The van der Waals surface area contributed by atoms with Crippen molar-refractivity contribution in [3.63, 3.8) is 0 Å². The van der Waals surface area contributed by atoms with Crippen LogP contribution in [0.1, 0.15) is 71.1 Å². The van der Waals surface area contributed by atoms with Gasteiger partial charge >= 0.3 is 0 Å². The molecule has 1 aromatic heterocycles. The van der Waals surface area contributed by atoms with Crippen LogP contribution in [0.4, 0.5) is 0 Å². The van der Waals surface area contributed by atoms with Crippen LogP contribution >= 0.6 is 0 Å². The minimum absolute atomic E-state index is 0.0764. The largest absolute Gasteiger partial charge is 0.507 e. The predicted octanol–water partition coefficient (Wildman–Crippen LogP) is 12.2. The fourth-order valence-corrected chi connectivity index (χ4v) is 6.21. The van der Waals surface area contributed by atoms with Crippen molar-refractivity contribution in [1.82, 2.24) is 15.0 Å². The summed E-state index contributed by atoms with van der Waals surface area (Å²) in [6.07, 6.45) is 12.8. The Kier molecular flexibility index (Phi) is 12.4. The van der Waals surface area contributed by atoms with Gasteiger partial charge in [-0.05, 0) is 40.8 Å². The fraction of sp³-hybridized carbons (Fsp3) is 0.267. The number of unbranched alkanes of at least 4 members (excludes halogenated alkanes) is 9. The second-order valence-electron chi connectivity index (χ2n) is 12.9. The summed E-state index contributed by atoms with van der Waals surface area (Å²) in [5, 5.41) is 11.2. The number of aromatic nitrogens is 3. The summed E-state index contributed by atoms with van der Waals surface area (Å²) >= 11 is 0. The Morgan fingerprint density at radius 3 is 1.34 bits per heavy atom. The van der Waals surface area contributed by atoms with Gasteiger partial charge in [0, 0.05) is 17.2 Å². The molecule has 0 fully saturated rings. The van der Waals surface area contributed by atoms with Crippen LogP contribution in [0.3, 0.4) is 0 Å². The molecule has 0 saturated carbocycles. The van der Waals surface area contributed by atoms with Gasteiger partial charge in [0.25, 0.3) is 0 Å². The number of rotatable bonds is 17. The Balaban J connectivity index is 1.18. The zero-order valence-corrected chi connectivity index (χ0v) is 29.1. The van der Waals surface area contributed by atoms with Gasteiger partial charge in [0.1, 0.15) is 11.5 Å². The Labute approximate surface area is 297 Å². The summed E-state index contributed by atoms with van der Waals surface area (Å²) < 4.78 is 6.02. The molecule has 50 heavy (non-hydrogen) atoms. The van der Waals surface area contributed by atoms with Crippen molar-refractivity contribution in [3.8, 4) is 67.9 Å². The zero-order valence-electron chi connectivity index (χ0n) is 29.1. The number of hydrogen-bond acceptors (Lipinski definition) is 5. The van der Waals surface area contributed by atoms with Crippen LogP contribution in [0.25, 0.3) is 56.4 Å². The lowest BCUT2D eigenvalue weighted by atomic mass is 10.0. The monoisotopic (exact) mass is 661 g/mol. The molecule has 5 aromatic carbocycles. The molecule has 0 amide bonds. The molecule has 1 N–H and O–H groups in total. The lowest BCUT2D eigenvalue weighted by Gasteiger charge is -2.12. The minimum Gasteiger partial charge on any atom is -0.507 e. The van der Waals surface area contributed by atoms with Crippen molar-refractivity contribution >= 4 is 0 Å². The number of benzene rings is 5. The van der Waals surface area contributed by atoms with E-state index in [4.69, 9.17) is 19.7 Å². The molecule has 6 aromatic rings. The predicted molar refractivity (Wildman–Crippen MR) is 206 cm³/mol. The first-order chi connectivity index (χ1) is 24.7. The van der Waals surface area contributed by atoms with E-state index >= 15 is 0 Å². The number of aromatic hydroxyl groups is 1. The molecule has 0 radical (unpaired) electrons. The average Bonchev–Trinajstić information content (AvgIpc) is 3.17. The van der Waals surface area contributed by atoms with Crippen molar-refractivity contribution in [1.29, 1.82) is 0 Å². The Morgan fingerprint density at radius 1 is 0.440 bits per heavy atom. The molecule has 1 heterocycles. The second-order valence-corrected chi connectivity index (χ2v) is 12.9. The molecule has 0 bridgehead atoms. The maximum absolute atomic E-state index is 11.2. The third-order valence-electron chi connectivity index (χ3n) is 9.11. The van der Waals surface area contributed by atoms with Crippen LogP contribution in [0.2, 0.25) is 0 Å². The van der Waals surface area contributed by atoms with E-state index in [9.17, 15) is 5.11 Å². The van der Waals surface area contributed by atoms with E-state index in [1.807, 2.05) is 72.8 Å². The van der Waals surface area contributed by atoms with E-state index in [2.05, 4.69) is 55.5 Å². The van der Waals surface area contributed by atoms with Crippen molar-refractivity contribution in [2.45, 2.75) is 71.1 Å². The van der Waals surface area contributed by atoms with E-state index < -0.39 is 0 Å². The third kappa shape index (κ3) is 9.44. The second kappa shape index (κ2) is 17.9. The van der Waals surface area contributed by atoms with Crippen LogP contribution < -0.4 is 4.74 Å². The van der Waals surface area contributed by atoms with Crippen molar-refractivity contribution in [3.05, 3.63) is 127 Å². The summed E-state index contributed by atoms with van der Waals surface area (Å²) in [6.45, 7) is 2.89. The lowest BCUT2D eigenvalue weighted by molar-refractivity contribution is 0.302. The number of phenolic OH excluding ortho intramolecular Hbond substituents is 1. The molecule has 0 aliphatic carbocycles. The normalized spacial score (nSPS) is 11.1. The highest BCUT2D eigenvalue weighted by molar-refractivity contribution is 5.73. The van der Waals surface area contributed by atoms with Crippen LogP contribution in [-0.4, -0.2) is 26.7 Å². The number of phenols is 1. The number of hydrogen-bond donors (Lipinski definition) is 1. The molecule has 0 atom stereocenters. The highest BCUT2D eigenvalue weighted by Crippen LogP contribution is 2.34. The van der Waals surface area contributed by atoms with E-state index in [0.29, 0.717) is 35.4 Å². The summed E-state index contributed by atoms with van der Waals surface area (Å²) in [5.74, 6) is 2.20. The SMILES string of the molecule is CCCCCCCCCCCCOc1ccc(-c2nc(-c3ccc(-c4ccccc4)cc3)nc(-c3ccc(-c4ccccc4)cc3)n2)c(O)c1. The lowest BCUT2D eigenvalue weighted by Crippen LogP contribution is -2.01. The van der Waals surface area contributed by atoms with Crippen LogP contribution in [0.15, 0.2) is 127 Å². The van der Waals surface area contributed by atoms with Crippen LogP contribution in [-0.2, 0) is 0 Å². The van der Waals surface area contributed by atoms with Gasteiger partial charge < -0.3 is 9.84 Å². The summed E-state index contributed by atoms with van der Waals surface area (Å²) in [5.41, 5.74) is 6.79. The van der Waals surface area contributed by atoms with Gasteiger partial charge in [0.2, 0.25) is 0 Å². The minimum atomic E-state index is 0.0764. The van der Waals surface area contributed by atoms with Gasteiger partial charge in [-0.25, -0.2) is 15.0 Å². The average molecular weight is 662 g/mol. The Morgan fingerprint density at radius 2 is 0.860 bits per heavy atom. The van der Waals surface area contributed by atoms with E-state index in [-0.39, 0.29) is 5.75 Å². The first-order valence-electron chi connectivity index (χ1n) is 18.2. The van der Waals surface area contributed by atoms with Crippen molar-refractivity contribution in [2.75, 3.05) is 6.61 Å². The van der Waals surface area contributed by atoms with Gasteiger partial charge in [-0.1, -0.05) is 174 Å². The topological polar surface area (TPSA) is 68.1 Å². The van der Waals surface area contributed by atoms with Crippen LogP contribution in [0, 0.1) is 0 Å². The van der Waals surface area contributed by atoms with Gasteiger partial charge in [0.05, 0.1) is 12.2 Å². The van der Waals surface area contributed by atoms with E-state index in [0.717, 1.165) is 46.2 Å². The molecule has 6 rings (SSSR count). The summed E-state index contributed by atoms with van der Waals surface area (Å²) in [7, 11) is 0. The quantitative estimate of drug-likeness (QED) is 0.0985. The molecule has 0 aliphatic heterocycles. The first-order valence-corrected chi connectivity index (χ1v) is 18.2. The molecule has 0 spiro atoms. The van der Waals surface area contributed by atoms with E-state index in [1.54, 1.807) is 6.07 Å². The molecular weight excluding hydrogens is 615 g/mol. The van der Waals surface area contributed by atoms with Crippen molar-refractivity contribution < 1.29 is 9.84 Å². The summed E-state index contributed by atoms with van der Waals surface area (Å²) in [6, 6.07) is 42.5. The smallest absolute Gasteiger partial charge is 0.167 e. The molecular formula is C45H47N3O2. The Bertz CT molecular complexity index is 1810.